The van der Waals surface area contributed by atoms with E-state index >= 15 is 0 Å². The van der Waals surface area contributed by atoms with Crippen molar-refractivity contribution in [3.63, 3.8) is 0 Å². The number of rotatable bonds is 7. The smallest absolute Gasteiger partial charge is 0.255 e. The van der Waals surface area contributed by atoms with Crippen molar-refractivity contribution >= 4 is 28.8 Å². The van der Waals surface area contributed by atoms with Crippen LogP contribution in [-0.4, -0.2) is 37.4 Å². The van der Waals surface area contributed by atoms with Crippen LogP contribution in [-0.2, 0) is 0 Å². The van der Waals surface area contributed by atoms with Gasteiger partial charge in [-0.2, -0.15) is 0 Å². The molecule has 0 saturated heterocycles. The number of carbonyl (C=O) groups excluding carboxylic acids is 2. The van der Waals surface area contributed by atoms with Crippen molar-refractivity contribution in [1.29, 1.82) is 0 Å². The average Bonchev–Trinajstić information content (AvgIpc) is 3.23. The fourth-order valence-electron chi connectivity index (χ4n) is 2.81. The molecular weight excluding hydrogens is 370 g/mol. The Kier molecular flexibility index (Phi) is 6.57. The zero-order chi connectivity index (χ0) is 19.9. The van der Waals surface area contributed by atoms with Crippen LogP contribution in [0.3, 0.4) is 0 Å². The molecule has 0 saturated carbocycles. The third-order valence-electron chi connectivity index (χ3n) is 4.39. The van der Waals surface area contributed by atoms with E-state index in [0.29, 0.717) is 23.4 Å². The first-order valence-electron chi connectivity index (χ1n) is 8.99. The summed E-state index contributed by atoms with van der Waals surface area (Å²) in [6.07, 6.45) is 0. The maximum absolute atomic E-state index is 12.5. The van der Waals surface area contributed by atoms with Gasteiger partial charge in [0.2, 0.25) is 0 Å². The molecule has 1 heterocycles. The molecule has 0 bridgehead atoms. The van der Waals surface area contributed by atoms with Gasteiger partial charge in [0.05, 0.1) is 6.04 Å². The summed E-state index contributed by atoms with van der Waals surface area (Å²) in [4.78, 5) is 28.0. The van der Waals surface area contributed by atoms with E-state index in [9.17, 15) is 9.59 Å². The molecule has 3 aromatic rings. The normalized spacial score (nSPS) is 11.8. The predicted octanol–water partition coefficient (Wildman–Crippen LogP) is 4.03. The Morgan fingerprint density at radius 2 is 1.57 bits per heavy atom. The number of nitrogens with zero attached hydrogens (tertiary/aromatic N) is 1. The lowest BCUT2D eigenvalue weighted by molar-refractivity contribution is 0.0941. The van der Waals surface area contributed by atoms with E-state index < -0.39 is 0 Å². The highest BCUT2D eigenvalue weighted by atomic mass is 32.1. The van der Waals surface area contributed by atoms with Crippen LogP contribution in [0.4, 0.5) is 5.69 Å². The van der Waals surface area contributed by atoms with Gasteiger partial charge in [-0.25, -0.2) is 0 Å². The second kappa shape index (κ2) is 9.30. The molecule has 0 fully saturated rings. The Hall–Kier alpha value is -2.96. The molecular formula is C22H23N3O2S. The van der Waals surface area contributed by atoms with Crippen LogP contribution in [0.5, 0.6) is 0 Å². The molecule has 1 atom stereocenters. The van der Waals surface area contributed by atoms with Crippen LogP contribution in [0, 0.1) is 0 Å². The zero-order valence-corrected chi connectivity index (χ0v) is 16.7. The van der Waals surface area contributed by atoms with E-state index in [1.54, 1.807) is 47.7 Å². The Balaban J connectivity index is 1.58. The minimum atomic E-state index is -0.178. The number of hydrogen-bond acceptors (Lipinski definition) is 4. The van der Waals surface area contributed by atoms with Crippen molar-refractivity contribution in [3.05, 3.63) is 88.1 Å². The first kappa shape index (κ1) is 19.8. The second-order valence-electron chi connectivity index (χ2n) is 6.60. The number of hydrogen-bond donors (Lipinski definition) is 2. The van der Waals surface area contributed by atoms with Crippen LogP contribution in [0.25, 0.3) is 0 Å². The van der Waals surface area contributed by atoms with Gasteiger partial charge in [0, 0.05) is 28.2 Å². The topological polar surface area (TPSA) is 61.4 Å². The molecule has 0 unspecified atom stereocenters. The van der Waals surface area contributed by atoms with Crippen LogP contribution >= 0.6 is 11.3 Å². The molecule has 28 heavy (non-hydrogen) atoms. The fourth-order valence-corrected chi connectivity index (χ4v) is 3.73. The molecule has 0 aliphatic rings. The van der Waals surface area contributed by atoms with Gasteiger partial charge in [-0.1, -0.05) is 24.3 Å². The van der Waals surface area contributed by atoms with Gasteiger partial charge >= 0.3 is 0 Å². The third kappa shape index (κ3) is 5.06. The Morgan fingerprint density at radius 3 is 2.18 bits per heavy atom. The maximum atomic E-state index is 12.5. The minimum Gasteiger partial charge on any atom is -0.350 e. The van der Waals surface area contributed by atoms with Crippen LogP contribution < -0.4 is 10.6 Å². The van der Waals surface area contributed by atoms with Crippen LogP contribution in [0.2, 0.25) is 0 Å². The van der Waals surface area contributed by atoms with E-state index in [4.69, 9.17) is 0 Å². The van der Waals surface area contributed by atoms with Crippen molar-refractivity contribution in [3.8, 4) is 0 Å². The molecule has 0 aliphatic heterocycles. The van der Waals surface area contributed by atoms with Crippen molar-refractivity contribution < 1.29 is 9.59 Å². The van der Waals surface area contributed by atoms with Gasteiger partial charge in [0.1, 0.15) is 0 Å². The lowest BCUT2D eigenvalue weighted by Gasteiger charge is -2.23. The monoisotopic (exact) mass is 393 g/mol. The lowest BCUT2D eigenvalue weighted by atomic mass is 10.1. The molecule has 1 aromatic heterocycles. The molecule has 0 aliphatic carbocycles. The largest absolute Gasteiger partial charge is 0.350 e. The summed E-state index contributed by atoms with van der Waals surface area (Å²) in [6, 6.07) is 20.1. The summed E-state index contributed by atoms with van der Waals surface area (Å²) in [6.45, 7) is 0.527. The number of anilines is 1. The molecule has 5 nitrogen and oxygen atoms in total. The highest BCUT2D eigenvalue weighted by molar-refractivity contribution is 7.10. The summed E-state index contributed by atoms with van der Waals surface area (Å²) in [7, 11) is 4.00. The van der Waals surface area contributed by atoms with Crippen LogP contribution in [0.15, 0.2) is 72.1 Å². The van der Waals surface area contributed by atoms with Crippen molar-refractivity contribution in [2.75, 3.05) is 26.0 Å². The summed E-state index contributed by atoms with van der Waals surface area (Å²) >= 11 is 1.68. The predicted molar refractivity (Wildman–Crippen MR) is 114 cm³/mol. The summed E-state index contributed by atoms with van der Waals surface area (Å²) < 4.78 is 0. The van der Waals surface area contributed by atoms with E-state index in [-0.39, 0.29) is 17.9 Å². The molecule has 2 amide bonds. The number of likely N-dealkylation sites (N-methyl/N-ethyl adjacent to an activating group) is 1. The van der Waals surface area contributed by atoms with Gasteiger partial charge in [-0.15, -0.1) is 11.3 Å². The number of carbonyl (C=O) groups is 2. The maximum Gasteiger partial charge on any atom is 0.255 e. The molecule has 3 rings (SSSR count). The second-order valence-corrected chi connectivity index (χ2v) is 7.58. The van der Waals surface area contributed by atoms with Crippen molar-refractivity contribution in [2.45, 2.75) is 6.04 Å². The molecule has 0 radical (unpaired) electrons. The average molecular weight is 394 g/mol. The first-order valence-corrected chi connectivity index (χ1v) is 9.87. The SMILES string of the molecule is CN(C)[C@@H](CNC(=O)c1ccc(NC(=O)c2ccccc2)cc1)c1cccs1. The molecule has 6 heteroatoms. The van der Waals surface area contributed by atoms with Crippen molar-refractivity contribution in [1.82, 2.24) is 10.2 Å². The Morgan fingerprint density at radius 1 is 0.893 bits per heavy atom. The summed E-state index contributed by atoms with van der Waals surface area (Å²) in [5, 5.41) is 7.86. The van der Waals surface area contributed by atoms with E-state index in [1.165, 1.54) is 4.88 Å². The quantitative estimate of drug-likeness (QED) is 0.637. The highest BCUT2D eigenvalue weighted by Crippen LogP contribution is 2.22. The van der Waals surface area contributed by atoms with E-state index in [0.717, 1.165) is 0 Å². The molecule has 144 valence electrons. The zero-order valence-electron chi connectivity index (χ0n) is 15.9. The Labute approximate surface area is 169 Å². The van der Waals surface area contributed by atoms with Gasteiger partial charge in [0.25, 0.3) is 11.8 Å². The van der Waals surface area contributed by atoms with E-state index in [1.807, 2.05) is 43.7 Å². The van der Waals surface area contributed by atoms with Crippen molar-refractivity contribution in [2.24, 2.45) is 0 Å². The van der Waals surface area contributed by atoms with Gasteiger partial charge in [-0.3, -0.25) is 9.59 Å². The molecule has 0 spiro atoms. The van der Waals surface area contributed by atoms with Gasteiger partial charge in [0.15, 0.2) is 0 Å². The highest BCUT2D eigenvalue weighted by Gasteiger charge is 2.16. The Bertz CT molecular complexity index is 907. The van der Waals surface area contributed by atoms with Crippen LogP contribution in [0.1, 0.15) is 31.6 Å². The number of amides is 2. The molecule has 2 aromatic carbocycles. The van der Waals surface area contributed by atoms with Gasteiger partial charge < -0.3 is 15.5 Å². The first-order chi connectivity index (χ1) is 13.5. The summed E-state index contributed by atoms with van der Waals surface area (Å²) in [5.41, 5.74) is 1.80. The number of thiophene rings is 1. The number of nitrogens with one attached hydrogen (secondary N) is 2. The lowest BCUT2D eigenvalue weighted by Crippen LogP contribution is -2.34. The standard InChI is InChI=1S/C22H23N3O2S/c1-25(2)19(20-9-6-14-28-20)15-23-21(26)17-10-12-18(13-11-17)24-22(27)16-7-4-3-5-8-16/h3-14,19H,15H2,1-2H3,(H,23,26)(H,24,27)/t19-/m0/s1. The fraction of sp³-hybridized carbons (Fsp3) is 0.182. The summed E-state index contributed by atoms with van der Waals surface area (Å²) in [5.74, 6) is -0.313. The number of benzene rings is 2. The van der Waals surface area contributed by atoms with Gasteiger partial charge in [-0.05, 0) is 61.9 Å². The minimum absolute atomic E-state index is 0.133. The molecule has 2 N–H and O–H groups in total. The third-order valence-corrected chi connectivity index (χ3v) is 5.37. The van der Waals surface area contributed by atoms with E-state index in [2.05, 4.69) is 21.6 Å².